The summed E-state index contributed by atoms with van der Waals surface area (Å²) in [6.07, 6.45) is 3.58. The zero-order valence-electron chi connectivity index (χ0n) is 8.70. The van der Waals surface area contributed by atoms with Gasteiger partial charge in [-0.15, -0.1) is 0 Å². The van der Waals surface area contributed by atoms with Gasteiger partial charge in [0.2, 0.25) is 0 Å². The Bertz CT molecular complexity index is 369. The molecule has 2 heteroatoms. The molecule has 0 spiro atoms. The molecule has 1 unspecified atom stereocenters. The first-order valence-corrected chi connectivity index (χ1v) is 5.45. The summed E-state index contributed by atoms with van der Waals surface area (Å²) < 4.78 is 0. The third-order valence-corrected chi connectivity index (χ3v) is 2.99. The Balaban J connectivity index is 2.17. The first-order valence-electron chi connectivity index (χ1n) is 5.45. The van der Waals surface area contributed by atoms with E-state index in [0.29, 0.717) is 12.1 Å². The van der Waals surface area contributed by atoms with Crippen molar-refractivity contribution in [3.63, 3.8) is 0 Å². The lowest BCUT2D eigenvalue weighted by Gasteiger charge is -2.21. The molecule has 0 saturated heterocycles. The van der Waals surface area contributed by atoms with Crippen molar-refractivity contribution >= 4 is 11.5 Å². The molecule has 0 radical (unpaired) electrons. The summed E-state index contributed by atoms with van der Waals surface area (Å²) in [5.74, 6) is 0.0938. The van der Waals surface area contributed by atoms with E-state index in [9.17, 15) is 4.79 Å². The van der Waals surface area contributed by atoms with E-state index in [1.54, 1.807) is 0 Å². The third-order valence-electron chi connectivity index (χ3n) is 2.99. The van der Waals surface area contributed by atoms with Crippen LogP contribution < -0.4 is 0 Å². The zero-order valence-corrected chi connectivity index (χ0v) is 8.70. The second kappa shape index (κ2) is 4.39. The number of rotatable bonds is 2. The quantitative estimate of drug-likeness (QED) is 0.734. The Morgan fingerprint density at radius 1 is 1.20 bits per heavy atom. The monoisotopic (exact) mass is 201 g/mol. The normalized spacial score (nSPS) is 21.3. The van der Waals surface area contributed by atoms with Crippen LogP contribution >= 0.6 is 0 Å². The minimum Gasteiger partial charge on any atom is -0.304 e. The van der Waals surface area contributed by atoms with E-state index < -0.39 is 0 Å². The topological polar surface area (TPSA) is 40.9 Å². The van der Waals surface area contributed by atoms with Crippen LogP contribution in [0.1, 0.15) is 31.2 Å². The lowest BCUT2D eigenvalue weighted by molar-refractivity contribution is -0.122. The van der Waals surface area contributed by atoms with Crippen LogP contribution in [-0.2, 0) is 4.79 Å². The molecular formula is C13H15NO. The van der Waals surface area contributed by atoms with Gasteiger partial charge in [-0.1, -0.05) is 36.8 Å². The molecule has 2 rings (SSSR count). The third kappa shape index (κ3) is 2.14. The van der Waals surface area contributed by atoms with Gasteiger partial charge >= 0.3 is 0 Å². The number of carbonyl (C=O) groups is 1. The number of hydrogen-bond donors (Lipinski definition) is 1. The Morgan fingerprint density at radius 2 is 1.93 bits per heavy atom. The van der Waals surface area contributed by atoms with Crippen LogP contribution in [-0.4, -0.2) is 11.5 Å². The first kappa shape index (κ1) is 10.1. The molecule has 0 aliphatic heterocycles. The SMILES string of the molecule is N=C(c1ccccc1)C1CCCCC1=O. The average molecular weight is 201 g/mol. The summed E-state index contributed by atoms with van der Waals surface area (Å²) in [5.41, 5.74) is 1.39. The van der Waals surface area contributed by atoms with E-state index in [-0.39, 0.29) is 11.7 Å². The van der Waals surface area contributed by atoms with Crippen molar-refractivity contribution in [1.82, 2.24) is 0 Å². The van der Waals surface area contributed by atoms with Crippen LogP contribution in [0.25, 0.3) is 0 Å². The van der Waals surface area contributed by atoms with E-state index in [2.05, 4.69) is 0 Å². The van der Waals surface area contributed by atoms with Gasteiger partial charge in [-0.3, -0.25) is 4.79 Å². The number of carbonyl (C=O) groups excluding carboxylic acids is 1. The molecule has 1 aromatic rings. The van der Waals surface area contributed by atoms with Crippen LogP contribution in [0.4, 0.5) is 0 Å². The highest BCUT2D eigenvalue weighted by molar-refractivity contribution is 6.12. The zero-order chi connectivity index (χ0) is 10.7. The molecule has 0 heterocycles. The fraction of sp³-hybridized carbons (Fsp3) is 0.385. The van der Waals surface area contributed by atoms with Crippen molar-refractivity contribution in [1.29, 1.82) is 5.41 Å². The highest BCUT2D eigenvalue weighted by Crippen LogP contribution is 2.23. The summed E-state index contributed by atoms with van der Waals surface area (Å²) in [7, 11) is 0. The molecule has 1 saturated carbocycles. The maximum atomic E-state index is 11.7. The van der Waals surface area contributed by atoms with Crippen molar-refractivity contribution in [2.24, 2.45) is 5.92 Å². The first-order chi connectivity index (χ1) is 7.29. The van der Waals surface area contributed by atoms with Crippen LogP contribution in [0.15, 0.2) is 30.3 Å². The van der Waals surface area contributed by atoms with E-state index in [1.807, 2.05) is 30.3 Å². The van der Waals surface area contributed by atoms with Crippen molar-refractivity contribution in [3.05, 3.63) is 35.9 Å². The highest BCUT2D eigenvalue weighted by atomic mass is 16.1. The second-order valence-corrected chi connectivity index (χ2v) is 4.04. The van der Waals surface area contributed by atoms with Crippen molar-refractivity contribution in [2.45, 2.75) is 25.7 Å². The van der Waals surface area contributed by atoms with E-state index in [1.165, 1.54) is 0 Å². The highest BCUT2D eigenvalue weighted by Gasteiger charge is 2.26. The molecule has 15 heavy (non-hydrogen) atoms. The maximum absolute atomic E-state index is 11.7. The van der Waals surface area contributed by atoms with E-state index in [0.717, 1.165) is 24.8 Å². The van der Waals surface area contributed by atoms with Gasteiger partial charge < -0.3 is 5.41 Å². The van der Waals surface area contributed by atoms with Crippen LogP contribution in [0.2, 0.25) is 0 Å². The number of nitrogens with one attached hydrogen (secondary N) is 1. The van der Waals surface area contributed by atoms with Gasteiger partial charge in [0.15, 0.2) is 0 Å². The summed E-state index contributed by atoms with van der Waals surface area (Å²) in [5, 5.41) is 8.03. The average Bonchev–Trinajstić information content (AvgIpc) is 2.30. The van der Waals surface area contributed by atoms with Crippen molar-refractivity contribution in [3.8, 4) is 0 Å². The lowest BCUT2D eigenvalue weighted by Crippen LogP contribution is -2.27. The molecule has 1 N–H and O–H groups in total. The Labute approximate surface area is 89.8 Å². The van der Waals surface area contributed by atoms with E-state index >= 15 is 0 Å². The smallest absolute Gasteiger partial charge is 0.141 e. The second-order valence-electron chi connectivity index (χ2n) is 4.04. The van der Waals surface area contributed by atoms with Gasteiger partial charge in [0.25, 0.3) is 0 Å². The molecule has 1 atom stereocenters. The summed E-state index contributed by atoms with van der Waals surface area (Å²) in [6, 6.07) is 9.57. The van der Waals surface area contributed by atoms with Crippen molar-refractivity contribution < 1.29 is 4.79 Å². The van der Waals surface area contributed by atoms with Gasteiger partial charge in [-0.25, -0.2) is 0 Å². The molecule has 1 fully saturated rings. The summed E-state index contributed by atoms with van der Waals surface area (Å²) >= 11 is 0. The van der Waals surface area contributed by atoms with Crippen LogP contribution in [0.5, 0.6) is 0 Å². The predicted octanol–water partition coefficient (Wildman–Crippen LogP) is 2.81. The van der Waals surface area contributed by atoms with Gasteiger partial charge in [0.1, 0.15) is 5.78 Å². The summed E-state index contributed by atoms with van der Waals surface area (Å²) in [6.45, 7) is 0. The molecule has 0 aromatic heterocycles. The van der Waals surface area contributed by atoms with Gasteiger partial charge in [0.05, 0.1) is 5.92 Å². The van der Waals surface area contributed by atoms with Gasteiger partial charge in [0, 0.05) is 12.1 Å². The molecule has 1 aromatic carbocycles. The molecular weight excluding hydrogens is 186 g/mol. The number of hydrogen-bond acceptors (Lipinski definition) is 2. The fourth-order valence-corrected chi connectivity index (χ4v) is 2.11. The molecule has 0 amide bonds. The molecule has 1 aliphatic rings. The molecule has 2 nitrogen and oxygen atoms in total. The Kier molecular flexibility index (Phi) is 2.95. The minimum atomic E-state index is -0.152. The largest absolute Gasteiger partial charge is 0.304 e. The maximum Gasteiger partial charge on any atom is 0.141 e. The standard InChI is InChI=1S/C13H15NO/c14-13(10-6-2-1-3-7-10)11-8-4-5-9-12(11)15/h1-3,6-7,11,14H,4-5,8-9H2. The Hall–Kier alpha value is -1.44. The van der Waals surface area contributed by atoms with E-state index in [4.69, 9.17) is 5.41 Å². The molecule has 78 valence electrons. The Morgan fingerprint density at radius 3 is 2.60 bits per heavy atom. The summed E-state index contributed by atoms with van der Waals surface area (Å²) in [4.78, 5) is 11.7. The number of benzene rings is 1. The fourth-order valence-electron chi connectivity index (χ4n) is 2.11. The number of ketones is 1. The molecule has 0 bridgehead atoms. The number of Topliss-reactive ketones (excluding diaryl/α,β-unsaturated/α-hetero) is 1. The lowest BCUT2D eigenvalue weighted by atomic mass is 9.82. The van der Waals surface area contributed by atoms with Gasteiger partial charge in [-0.2, -0.15) is 0 Å². The van der Waals surface area contributed by atoms with Gasteiger partial charge in [-0.05, 0) is 18.4 Å². The predicted molar refractivity (Wildman–Crippen MR) is 60.2 cm³/mol. The van der Waals surface area contributed by atoms with Crippen LogP contribution in [0.3, 0.4) is 0 Å². The molecule has 1 aliphatic carbocycles. The van der Waals surface area contributed by atoms with Crippen LogP contribution in [0, 0.1) is 11.3 Å². The van der Waals surface area contributed by atoms with Crippen molar-refractivity contribution in [2.75, 3.05) is 0 Å². The minimum absolute atomic E-state index is 0.152.